The summed E-state index contributed by atoms with van der Waals surface area (Å²) >= 11 is 0. The van der Waals surface area contributed by atoms with Gasteiger partial charge in [0.05, 0.1) is 18.3 Å². The summed E-state index contributed by atoms with van der Waals surface area (Å²) in [5, 5.41) is 9.01. The van der Waals surface area contributed by atoms with E-state index in [1.54, 1.807) is 0 Å². The summed E-state index contributed by atoms with van der Waals surface area (Å²) in [5.41, 5.74) is 0.167. The number of hydrogen-bond acceptors (Lipinski definition) is 2. The second-order valence-corrected chi connectivity index (χ2v) is 4.83. The van der Waals surface area contributed by atoms with Crippen molar-refractivity contribution >= 4 is 0 Å². The molecule has 0 aromatic heterocycles. The van der Waals surface area contributed by atoms with Crippen LogP contribution >= 0.6 is 0 Å². The van der Waals surface area contributed by atoms with Crippen LogP contribution in [0.5, 0.6) is 0 Å². The zero-order valence-electron chi connectivity index (χ0n) is 8.46. The van der Waals surface area contributed by atoms with E-state index in [0.29, 0.717) is 0 Å². The molecular formula is C11H20O2. The Balaban J connectivity index is 1.92. The summed E-state index contributed by atoms with van der Waals surface area (Å²) in [6.07, 6.45) is 7.40. The zero-order chi connectivity index (χ0) is 9.31. The summed E-state index contributed by atoms with van der Waals surface area (Å²) < 4.78 is 5.94. The fourth-order valence-electron chi connectivity index (χ4n) is 2.68. The van der Waals surface area contributed by atoms with Gasteiger partial charge in [0.15, 0.2) is 0 Å². The quantitative estimate of drug-likeness (QED) is 0.676. The third-order valence-electron chi connectivity index (χ3n) is 3.73. The average Bonchev–Trinajstić information content (AvgIpc) is 2.55. The molecule has 1 N–H and O–H groups in total. The fourth-order valence-corrected chi connectivity index (χ4v) is 2.68. The van der Waals surface area contributed by atoms with Crippen molar-refractivity contribution in [1.82, 2.24) is 0 Å². The van der Waals surface area contributed by atoms with Gasteiger partial charge in [0.1, 0.15) is 0 Å². The van der Waals surface area contributed by atoms with Crippen molar-refractivity contribution in [3.05, 3.63) is 0 Å². The predicted molar refractivity (Wildman–Crippen MR) is 51.6 cm³/mol. The number of rotatable bonds is 1. The molecule has 2 aliphatic rings. The van der Waals surface area contributed by atoms with E-state index in [-0.39, 0.29) is 18.3 Å². The Labute approximate surface area is 80.3 Å². The third-order valence-corrected chi connectivity index (χ3v) is 3.73. The van der Waals surface area contributed by atoms with Crippen LogP contribution in [-0.2, 0) is 4.74 Å². The Morgan fingerprint density at radius 2 is 1.85 bits per heavy atom. The molecule has 1 saturated heterocycles. The summed E-state index contributed by atoms with van der Waals surface area (Å²) in [7, 11) is 0. The van der Waals surface area contributed by atoms with E-state index in [0.717, 1.165) is 12.3 Å². The number of hydrogen-bond donors (Lipinski definition) is 1. The van der Waals surface area contributed by atoms with E-state index in [1.165, 1.54) is 32.1 Å². The minimum absolute atomic E-state index is 0.133. The number of ether oxygens (including phenoxy) is 1. The van der Waals surface area contributed by atoms with Crippen LogP contribution in [0.15, 0.2) is 0 Å². The highest BCUT2D eigenvalue weighted by Crippen LogP contribution is 2.43. The van der Waals surface area contributed by atoms with Gasteiger partial charge < -0.3 is 9.84 Å². The van der Waals surface area contributed by atoms with Crippen molar-refractivity contribution in [2.24, 2.45) is 5.92 Å². The van der Waals surface area contributed by atoms with E-state index in [9.17, 15) is 0 Å². The molecule has 2 nitrogen and oxygen atoms in total. The molecule has 1 atom stereocenters. The molecule has 2 rings (SSSR count). The Bertz CT molecular complexity index is 171. The monoisotopic (exact) mass is 184 g/mol. The highest BCUT2D eigenvalue weighted by atomic mass is 16.5. The lowest BCUT2D eigenvalue weighted by atomic mass is 9.78. The lowest BCUT2D eigenvalue weighted by Gasteiger charge is -2.35. The maximum Gasteiger partial charge on any atom is 0.0814 e. The molecule has 0 aromatic rings. The first-order chi connectivity index (χ1) is 6.24. The standard InChI is InChI=1S/C11H20O2/c1-9-2-5-11(6-3-9)7-4-10(8-12)13-11/h9-10,12H,2-8H2,1H3. The van der Waals surface area contributed by atoms with E-state index >= 15 is 0 Å². The van der Waals surface area contributed by atoms with Crippen molar-refractivity contribution in [3.8, 4) is 0 Å². The van der Waals surface area contributed by atoms with Gasteiger partial charge in [-0.15, -0.1) is 0 Å². The molecule has 13 heavy (non-hydrogen) atoms. The molecule has 1 saturated carbocycles. The molecule has 1 aliphatic carbocycles. The predicted octanol–water partition coefficient (Wildman–Crippen LogP) is 2.11. The molecular weight excluding hydrogens is 164 g/mol. The first-order valence-electron chi connectivity index (χ1n) is 5.53. The van der Waals surface area contributed by atoms with Crippen LogP contribution in [0.3, 0.4) is 0 Å². The molecule has 0 aromatic carbocycles. The lowest BCUT2D eigenvalue weighted by Crippen LogP contribution is -2.34. The van der Waals surface area contributed by atoms with Crippen molar-refractivity contribution in [1.29, 1.82) is 0 Å². The molecule has 1 aliphatic heterocycles. The summed E-state index contributed by atoms with van der Waals surface area (Å²) in [5.74, 6) is 0.877. The van der Waals surface area contributed by atoms with Crippen LogP contribution < -0.4 is 0 Å². The van der Waals surface area contributed by atoms with Crippen LogP contribution in [0.4, 0.5) is 0 Å². The molecule has 1 spiro atoms. The zero-order valence-corrected chi connectivity index (χ0v) is 8.46. The number of aliphatic hydroxyl groups is 1. The molecule has 1 unspecified atom stereocenters. The maximum absolute atomic E-state index is 9.01. The highest BCUT2D eigenvalue weighted by Gasteiger charge is 2.41. The molecule has 0 radical (unpaired) electrons. The van der Waals surface area contributed by atoms with E-state index in [1.807, 2.05) is 0 Å². The first kappa shape index (κ1) is 9.47. The first-order valence-corrected chi connectivity index (χ1v) is 5.53. The second kappa shape index (κ2) is 3.58. The Hall–Kier alpha value is -0.0800. The summed E-state index contributed by atoms with van der Waals surface area (Å²) in [4.78, 5) is 0. The molecule has 1 heterocycles. The number of aliphatic hydroxyl groups excluding tert-OH is 1. The van der Waals surface area contributed by atoms with Gasteiger partial charge in [-0.05, 0) is 44.4 Å². The normalized spacial score (nSPS) is 45.7. The largest absolute Gasteiger partial charge is 0.394 e. The van der Waals surface area contributed by atoms with Gasteiger partial charge in [0.2, 0.25) is 0 Å². The minimum atomic E-state index is 0.133. The van der Waals surface area contributed by atoms with Crippen molar-refractivity contribution in [2.45, 2.75) is 57.2 Å². The van der Waals surface area contributed by atoms with Crippen molar-refractivity contribution < 1.29 is 9.84 Å². The maximum atomic E-state index is 9.01. The van der Waals surface area contributed by atoms with Crippen LogP contribution in [-0.4, -0.2) is 23.4 Å². The Kier molecular flexibility index (Phi) is 2.61. The van der Waals surface area contributed by atoms with Crippen LogP contribution in [0.2, 0.25) is 0 Å². The van der Waals surface area contributed by atoms with E-state index in [2.05, 4.69) is 6.92 Å². The van der Waals surface area contributed by atoms with Crippen molar-refractivity contribution in [3.63, 3.8) is 0 Å². The van der Waals surface area contributed by atoms with Gasteiger partial charge in [-0.25, -0.2) is 0 Å². The summed E-state index contributed by atoms with van der Waals surface area (Å²) in [6, 6.07) is 0. The molecule has 0 amide bonds. The lowest BCUT2D eigenvalue weighted by molar-refractivity contribution is -0.0834. The van der Waals surface area contributed by atoms with E-state index < -0.39 is 0 Å². The SMILES string of the molecule is CC1CCC2(CC1)CCC(CO)O2. The smallest absolute Gasteiger partial charge is 0.0814 e. The van der Waals surface area contributed by atoms with Gasteiger partial charge in [0.25, 0.3) is 0 Å². The Morgan fingerprint density at radius 1 is 1.23 bits per heavy atom. The minimum Gasteiger partial charge on any atom is -0.394 e. The van der Waals surface area contributed by atoms with Crippen LogP contribution in [0.1, 0.15) is 45.4 Å². The van der Waals surface area contributed by atoms with Gasteiger partial charge in [0, 0.05) is 0 Å². The van der Waals surface area contributed by atoms with Gasteiger partial charge >= 0.3 is 0 Å². The van der Waals surface area contributed by atoms with Crippen LogP contribution in [0.25, 0.3) is 0 Å². The third kappa shape index (κ3) is 1.89. The fraction of sp³-hybridized carbons (Fsp3) is 1.00. The Morgan fingerprint density at radius 3 is 2.38 bits per heavy atom. The molecule has 2 heteroatoms. The molecule has 76 valence electrons. The molecule has 0 bridgehead atoms. The summed E-state index contributed by atoms with van der Waals surface area (Å²) in [6.45, 7) is 2.53. The topological polar surface area (TPSA) is 29.5 Å². The molecule has 2 fully saturated rings. The second-order valence-electron chi connectivity index (χ2n) is 4.83. The highest BCUT2D eigenvalue weighted by molar-refractivity contribution is 4.92. The van der Waals surface area contributed by atoms with Gasteiger partial charge in [-0.2, -0.15) is 0 Å². The van der Waals surface area contributed by atoms with Crippen LogP contribution in [0, 0.1) is 5.92 Å². The average molecular weight is 184 g/mol. The van der Waals surface area contributed by atoms with Crippen molar-refractivity contribution in [2.75, 3.05) is 6.61 Å². The van der Waals surface area contributed by atoms with E-state index in [4.69, 9.17) is 9.84 Å². The van der Waals surface area contributed by atoms with Gasteiger partial charge in [-0.1, -0.05) is 6.92 Å². The van der Waals surface area contributed by atoms with Gasteiger partial charge in [-0.3, -0.25) is 0 Å².